The molecule has 0 radical (unpaired) electrons. The second-order valence-electron chi connectivity index (χ2n) is 14.3. The molecule has 0 spiro atoms. The Hall–Kier alpha value is -7.41. The fourth-order valence-corrected chi connectivity index (χ4v) is 13.6. The standard InChI is InChI=1S/C51H33N3O2Si/c1-4-16-34(17-5-1)49-52-50(54-51(53-49)36-30-31-45-42(33-36)40-24-10-12-26-43(40)55-45)35-18-14-23-39(32-35)57(37-19-6-2-7-20-37,38-21-8-3-9-22-38)47-29-15-28-46-48(47)41-25-11-13-27-44(41)56-46/h1-33H. The van der Waals surface area contributed by atoms with Gasteiger partial charge in [-0.2, -0.15) is 0 Å². The molecule has 0 bridgehead atoms. The third-order valence-electron chi connectivity index (χ3n) is 11.1. The fourth-order valence-electron chi connectivity index (χ4n) is 8.54. The highest BCUT2D eigenvalue weighted by molar-refractivity contribution is 7.20. The molecule has 3 heterocycles. The minimum atomic E-state index is -3.06. The van der Waals surface area contributed by atoms with Gasteiger partial charge in [0, 0.05) is 38.2 Å². The van der Waals surface area contributed by atoms with Gasteiger partial charge in [0.25, 0.3) is 0 Å². The number of hydrogen-bond acceptors (Lipinski definition) is 5. The first-order valence-electron chi connectivity index (χ1n) is 19.1. The van der Waals surface area contributed by atoms with E-state index in [0.717, 1.165) is 60.6 Å². The lowest BCUT2D eigenvalue weighted by Gasteiger charge is -2.35. The van der Waals surface area contributed by atoms with E-state index in [1.54, 1.807) is 0 Å². The van der Waals surface area contributed by atoms with E-state index < -0.39 is 8.07 Å². The largest absolute Gasteiger partial charge is 0.456 e. The zero-order chi connectivity index (χ0) is 37.8. The number of benzene rings is 8. The van der Waals surface area contributed by atoms with E-state index >= 15 is 0 Å². The molecule has 0 saturated carbocycles. The Balaban J connectivity index is 1.18. The third kappa shape index (κ3) is 5.41. The number of rotatable bonds is 7. The van der Waals surface area contributed by atoms with E-state index in [2.05, 4.69) is 133 Å². The van der Waals surface area contributed by atoms with Crippen LogP contribution in [-0.4, -0.2) is 23.0 Å². The van der Waals surface area contributed by atoms with Crippen LogP contribution in [0.25, 0.3) is 78.0 Å². The minimum Gasteiger partial charge on any atom is -0.456 e. The lowest BCUT2D eigenvalue weighted by molar-refractivity contribution is 0.668. The maximum absolute atomic E-state index is 6.53. The molecule has 57 heavy (non-hydrogen) atoms. The fraction of sp³-hybridized carbons (Fsp3) is 0. The van der Waals surface area contributed by atoms with Gasteiger partial charge < -0.3 is 8.83 Å². The summed E-state index contributed by atoms with van der Waals surface area (Å²) in [7, 11) is -3.06. The Kier molecular flexibility index (Phi) is 7.76. The lowest BCUT2D eigenvalue weighted by atomic mass is 10.1. The van der Waals surface area contributed by atoms with Gasteiger partial charge in [-0.1, -0.05) is 164 Å². The molecule has 6 heteroatoms. The molecule has 0 aliphatic rings. The molecular formula is C51H33N3O2Si. The van der Waals surface area contributed by atoms with Crippen molar-refractivity contribution in [3.8, 4) is 34.2 Å². The van der Waals surface area contributed by atoms with Gasteiger partial charge in [0.2, 0.25) is 0 Å². The number of nitrogens with zero attached hydrogens (tertiary/aromatic N) is 3. The molecule has 0 unspecified atom stereocenters. The number of furan rings is 2. The average molecular weight is 748 g/mol. The summed E-state index contributed by atoms with van der Waals surface area (Å²) < 4.78 is 12.7. The Morgan fingerprint density at radius 2 is 0.789 bits per heavy atom. The van der Waals surface area contributed by atoms with E-state index in [4.69, 9.17) is 23.8 Å². The second-order valence-corrected chi connectivity index (χ2v) is 18.1. The first kappa shape index (κ1) is 33.0. The Labute approximate surface area is 329 Å². The Morgan fingerprint density at radius 1 is 0.316 bits per heavy atom. The van der Waals surface area contributed by atoms with Crippen LogP contribution >= 0.6 is 0 Å². The SMILES string of the molecule is c1ccc(-c2nc(-c3cccc([Si](c4ccccc4)(c4ccccc4)c4cccc5oc6ccccc6c45)c3)nc(-c3ccc4oc5ccccc5c4c3)n2)cc1. The van der Waals surface area contributed by atoms with Crippen LogP contribution in [0.15, 0.2) is 209 Å². The number of para-hydroxylation sites is 2. The zero-order valence-corrected chi connectivity index (χ0v) is 31.7. The molecule has 0 N–H and O–H groups in total. The van der Waals surface area contributed by atoms with Crippen molar-refractivity contribution in [1.82, 2.24) is 15.0 Å². The van der Waals surface area contributed by atoms with E-state index in [-0.39, 0.29) is 0 Å². The molecule has 0 amide bonds. The van der Waals surface area contributed by atoms with Crippen molar-refractivity contribution in [2.45, 2.75) is 0 Å². The first-order valence-corrected chi connectivity index (χ1v) is 21.1. The van der Waals surface area contributed by atoms with Crippen LogP contribution in [0.4, 0.5) is 0 Å². The van der Waals surface area contributed by atoms with Gasteiger partial charge in [-0.15, -0.1) is 0 Å². The van der Waals surface area contributed by atoms with Crippen LogP contribution in [-0.2, 0) is 0 Å². The van der Waals surface area contributed by atoms with Crippen molar-refractivity contribution in [2.75, 3.05) is 0 Å². The third-order valence-corrected chi connectivity index (χ3v) is 15.9. The molecule has 0 fully saturated rings. The summed E-state index contributed by atoms with van der Waals surface area (Å²) in [6, 6.07) is 70.2. The van der Waals surface area contributed by atoms with Gasteiger partial charge in [-0.3, -0.25) is 0 Å². The highest BCUT2D eigenvalue weighted by Gasteiger charge is 2.43. The van der Waals surface area contributed by atoms with Crippen LogP contribution in [0.2, 0.25) is 0 Å². The van der Waals surface area contributed by atoms with Gasteiger partial charge in [-0.25, -0.2) is 15.0 Å². The summed E-state index contributed by atoms with van der Waals surface area (Å²) in [5.41, 5.74) is 6.17. The van der Waals surface area contributed by atoms with Crippen molar-refractivity contribution >= 4 is 72.7 Å². The topological polar surface area (TPSA) is 65.0 Å². The van der Waals surface area contributed by atoms with Crippen LogP contribution < -0.4 is 20.7 Å². The van der Waals surface area contributed by atoms with Crippen LogP contribution in [0.3, 0.4) is 0 Å². The van der Waals surface area contributed by atoms with E-state index in [9.17, 15) is 0 Å². The van der Waals surface area contributed by atoms with Crippen molar-refractivity contribution in [3.05, 3.63) is 200 Å². The second kappa shape index (κ2) is 13.4. The Morgan fingerprint density at radius 3 is 1.49 bits per heavy atom. The zero-order valence-electron chi connectivity index (χ0n) is 30.7. The molecule has 0 atom stereocenters. The van der Waals surface area contributed by atoms with E-state index in [1.807, 2.05) is 66.7 Å². The van der Waals surface area contributed by atoms with Gasteiger partial charge in [0.15, 0.2) is 25.5 Å². The van der Waals surface area contributed by atoms with Crippen molar-refractivity contribution in [3.63, 3.8) is 0 Å². The number of fused-ring (bicyclic) bond motifs is 6. The normalized spacial score (nSPS) is 11.9. The van der Waals surface area contributed by atoms with E-state index in [1.165, 1.54) is 20.7 Å². The van der Waals surface area contributed by atoms with Crippen molar-refractivity contribution in [1.29, 1.82) is 0 Å². The molecule has 0 aliphatic carbocycles. The van der Waals surface area contributed by atoms with Crippen molar-refractivity contribution < 1.29 is 8.83 Å². The monoisotopic (exact) mass is 747 g/mol. The molecule has 0 aliphatic heterocycles. The highest BCUT2D eigenvalue weighted by Crippen LogP contribution is 2.33. The molecular weight excluding hydrogens is 715 g/mol. The van der Waals surface area contributed by atoms with Crippen LogP contribution in [0, 0.1) is 0 Å². The minimum absolute atomic E-state index is 0.598. The predicted octanol–water partition coefficient (Wildman–Crippen LogP) is 10.0. The summed E-state index contributed by atoms with van der Waals surface area (Å²) >= 11 is 0. The van der Waals surface area contributed by atoms with Gasteiger partial charge in [0.05, 0.1) is 0 Å². The molecule has 8 aromatic carbocycles. The molecule has 11 rings (SSSR count). The number of aromatic nitrogens is 3. The van der Waals surface area contributed by atoms with Crippen LogP contribution in [0.5, 0.6) is 0 Å². The maximum Gasteiger partial charge on any atom is 0.180 e. The summed E-state index contributed by atoms with van der Waals surface area (Å²) in [5.74, 6) is 1.82. The van der Waals surface area contributed by atoms with Gasteiger partial charge in [-0.05, 0) is 57.1 Å². The number of hydrogen-bond donors (Lipinski definition) is 0. The summed E-state index contributed by atoms with van der Waals surface area (Å²) in [5, 5.41) is 9.36. The molecule has 0 saturated heterocycles. The summed E-state index contributed by atoms with van der Waals surface area (Å²) in [4.78, 5) is 15.5. The quantitative estimate of drug-likeness (QED) is 0.120. The predicted molar refractivity (Wildman–Crippen MR) is 234 cm³/mol. The van der Waals surface area contributed by atoms with Gasteiger partial charge in [0.1, 0.15) is 22.3 Å². The smallest absolute Gasteiger partial charge is 0.180 e. The van der Waals surface area contributed by atoms with Crippen LogP contribution in [0.1, 0.15) is 0 Å². The van der Waals surface area contributed by atoms with E-state index in [0.29, 0.717) is 17.5 Å². The van der Waals surface area contributed by atoms with Gasteiger partial charge >= 0.3 is 0 Å². The average Bonchev–Trinajstić information content (AvgIpc) is 3.86. The lowest BCUT2D eigenvalue weighted by Crippen LogP contribution is -2.74. The summed E-state index contributed by atoms with van der Waals surface area (Å²) in [6.07, 6.45) is 0. The highest BCUT2D eigenvalue weighted by atomic mass is 28.3. The molecule has 3 aromatic heterocycles. The molecule has 268 valence electrons. The summed E-state index contributed by atoms with van der Waals surface area (Å²) in [6.45, 7) is 0. The molecule has 11 aromatic rings. The first-order chi connectivity index (χ1) is 28.2. The molecule has 5 nitrogen and oxygen atoms in total. The van der Waals surface area contributed by atoms with Crippen molar-refractivity contribution in [2.24, 2.45) is 0 Å². The Bertz CT molecular complexity index is 3210. The maximum atomic E-state index is 6.53.